The van der Waals surface area contributed by atoms with E-state index in [0.717, 1.165) is 12.3 Å². The molecule has 1 nitrogen and oxygen atoms in total. The normalized spacial score (nSPS) is 15.4. The molecule has 0 saturated heterocycles. The molecular weight excluding hydrogens is 158 g/mol. The number of rotatable bonds is 7. The Labute approximate surface area is 83.6 Å². The molecule has 1 N–H and O–H groups in total. The summed E-state index contributed by atoms with van der Waals surface area (Å²) < 4.78 is 0. The highest BCUT2D eigenvalue weighted by Crippen LogP contribution is 2.14. The lowest BCUT2D eigenvalue weighted by atomic mass is 9.95. The average molecular weight is 183 g/mol. The zero-order chi connectivity index (χ0) is 10.3. The van der Waals surface area contributed by atoms with Crippen LogP contribution in [0.15, 0.2) is 12.2 Å². The van der Waals surface area contributed by atoms with Gasteiger partial charge in [0.25, 0.3) is 0 Å². The maximum atomic E-state index is 3.93. The average Bonchev–Trinajstić information content (AvgIpc) is 2.11. The van der Waals surface area contributed by atoms with Crippen molar-refractivity contribution in [1.29, 1.82) is 0 Å². The van der Waals surface area contributed by atoms with Gasteiger partial charge in [0.05, 0.1) is 0 Å². The molecule has 0 bridgehead atoms. The summed E-state index contributed by atoms with van der Waals surface area (Å²) in [5.74, 6) is 0.836. The molecule has 78 valence electrons. The van der Waals surface area contributed by atoms with Crippen LogP contribution >= 0.6 is 0 Å². The summed E-state index contributed by atoms with van der Waals surface area (Å²) >= 11 is 0. The van der Waals surface area contributed by atoms with Crippen LogP contribution in [-0.4, -0.2) is 13.1 Å². The summed E-state index contributed by atoms with van der Waals surface area (Å²) in [6, 6.07) is 0.673. The van der Waals surface area contributed by atoms with Crippen LogP contribution in [0.1, 0.15) is 46.5 Å². The van der Waals surface area contributed by atoms with Gasteiger partial charge in [0.2, 0.25) is 0 Å². The Balaban J connectivity index is 3.68. The van der Waals surface area contributed by atoms with Gasteiger partial charge in [0.15, 0.2) is 0 Å². The van der Waals surface area contributed by atoms with Gasteiger partial charge >= 0.3 is 0 Å². The first-order valence-corrected chi connectivity index (χ1v) is 5.41. The van der Waals surface area contributed by atoms with Gasteiger partial charge in [-0.3, -0.25) is 0 Å². The second kappa shape index (κ2) is 7.14. The van der Waals surface area contributed by atoms with Crippen molar-refractivity contribution in [2.24, 2.45) is 5.92 Å². The Kier molecular flexibility index (Phi) is 6.97. The first-order chi connectivity index (χ1) is 6.10. The number of hydrogen-bond donors (Lipinski definition) is 1. The molecule has 0 aliphatic heterocycles. The molecule has 0 rings (SSSR count). The zero-order valence-electron chi connectivity index (χ0n) is 9.69. The Hall–Kier alpha value is -0.300. The maximum absolute atomic E-state index is 3.93. The summed E-state index contributed by atoms with van der Waals surface area (Å²) in [4.78, 5) is 0. The summed E-state index contributed by atoms with van der Waals surface area (Å²) in [6.45, 7) is 10.6. The van der Waals surface area contributed by atoms with Crippen molar-refractivity contribution < 1.29 is 0 Å². The predicted molar refractivity (Wildman–Crippen MR) is 61.0 cm³/mol. The quantitative estimate of drug-likeness (QED) is 0.597. The van der Waals surface area contributed by atoms with Gasteiger partial charge in [0.1, 0.15) is 0 Å². The van der Waals surface area contributed by atoms with Gasteiger partial charge in [-0.25, -0.2) is 0 Å². The predicted octanol–water partition coefficient (Wildman–Crippen LogP) is 3.37. The minimum atomic E-state index is 0.673. The Morgan fingerprint density at radius 2 is 2.08 bits per heavy atom. The lowest BCUT2D eigenvalue weighted by Crippen LogP contribution is -2.27. The van der Waals surface area contributed by atoms with E-state index in [1.54, 1.807) is 0 Å². The smallest absolute Gasteiger partial charge is 0.00696 e. The molecule has 0 fully saturated rings. The van der Waals surface area contributed by atoms with Crippen LogP contribution in [0.3, 0.4) is 0 Å². The summed E-state index contributed by atoms with van der Waals surface area (Å²) in [6.07, 6.45) is 4.96. The molecule has 1 heteroatoms. The largest absolute Gasteiger partial charge is 0.317 e. The summed E-state index contributed by atoms with van der Waals surface area (Å²) in [7, 11) is 2.06. The van der Waals surface area contributed by atoms with E-state index >= 15 is 0 Å². The Bertz CT molecular complexity index is 140. The van der Waals surface area contributed by atoms with Gasteiger partial charge < -0.3 is 5.32 Å². The molecular formula is C12H25N. The van der Waals surface area contributed by atoms with Crippen molar-refractivity contribution in [3.05, 3.63) is 12.2 Å². The van der Waals surface area contributed by atoms with Crippen LogP contribution in [0.5, 0.6) is 0 Å². The van der Waals surface area contributed by atoms with Crippen LogP contribution in [0, 0.1) is 5.92 Å². The third kappa shape index (κ3) is 6.83. The van der Waals surface area contributed by atoms with E-state index in [1.807, 2.05) is 0 Å². The van der Waals surface area contributed by atoms with Crippen LogP contribution < -0.4 is 5.32 Å². The fourth-order valence-corrected chi connectivity index (χ4v) is 1.45. The molecule has 2 atom stereocenters. The molecule has 0 amide bonds. The molecule has 0 aromatic heterocycles. The van der Waals surface area contributed by atoms with Crippen LogP contribution in [0.25, 0.3) is 0 Å². The van der Waals surface area contributed by atoms with E-state index in [4.69, 9.17) is 0 Å². The molecule has 0 saturated carbocycles. The first-order valence-electron chi connectivity index (χ1n) is 5.41. The van der Waals surface area contributed by atoms with Gasteiger partial charge in [-0.2, -0.15) is 0 Å². The van der Waals surface area contributed by atoms with Crippen LogP contribution in [0.2, 0.25) is 0 Å². The van der Waals surface area contributed by atoms with Crippen molar-refractivity contribution in [1.82, 2.24) is 5.32 Å². The fraction of sp³-hybridized carbons (Fsp3) is 0.833. The summed E-state index contributed by atoms with van der Waals surface area (Å²) in [5.41, 5.74) is 1.30. The molecule has 0 spiro atoms. The third-order valence-electron chi connectivity index (χ3n) is 2.71. The number of hydrogen-bond acceptors (Lipinski definition) is 1. The van der Waals surface area contributed by atoms with Crippen molar-refractivity contribution in [3.63, 3.8) is 0 Å². The molecule has 0 aromatic rings. The van der Waals surface area contributed by atoms with Gasteiger partial charge in [-0.1, -0.05) is 25.8 Å². The minimum absolute atomic E-state index is 0.673. The SMILES string of the molecule is C=C(C)CCC(CC(C)CC)NC. The van der Waals surface area contributed by atoms with E-state index in [-0.39, 0.29) is 0 Å². The lowest BCUT2D eigenvalue weighted by Gasteiger charge is -2.19. The van der Waals surface area contributed by atoms with Gasteiger partial charge in [-0.05, 0) is 39.2 Å². The highest BCUT2D eigenvalue weighted by molar-refractivity contribution is 4.89. The monoisotopic (exact) mass is 183 g/mol. The fourth-order valence-electron chi connectivity index (χ4n) is 1.45. The third-order valence-corrected chi connectivity index (χ3v) is 2.71. The van der Waals surface area contributed by atoms with Gasteiger partial charge in [-0.15, -0.1) is 6.58 Å². The van der Waals surface area contributed by atoms with Crippen molar-refractivity contribution in [2.45, 2.75) is 52.5 Å². The highest BCUT2D eigenvalue weighted by atomic mass is 14.9. The molecule has 0 radical (unpaired) electrons. The van der Waals surface area contributed by atoms with E-state index in [9.17, 15) is 0 Å². The Morgan fingerprint density at radius 3 is 2.46 bits per heavy atom. The van der Waals surface area contributed by atoms with E-state index in [1.165, 1.54) is 24.8 Å². The zero-order valence-corrected chi connectivity index (χ0v) is 9.69. The van der Waals surface area contributed by atoms with Crippen molar-refractivity contribution >= 4 is 0 Å². The van der Waals surface area contributed by atoms with Crippen LogP contribution in [-0.2, 0) is 0 Å². The minimum Gasteiger partial charge on any atom is -0.317 e. The maximum Gasteiger partial charge on any atom is 0.00696 e. The standard InChI is InChI=1S/C12H25N/c1-6-11(4)9-12(13-5)8-7-10(2)3/h11-13H,2,6-9H2,1,3-5H3. The molecule has 0 aromatic carbocycles. The topological polar surface area (TPSA) is 12.0 Å². The molecule has 13 heavy (non-hydrogen) atoms. The lowest BCUT2D eigenvalue weighted by molar-refractivity contribution is 0.395. The Morgan fingerprint density at radius 1 is 1.46 bits per heavy atom. The second-order valence-electron chi connectivity index (χ2n) is 4.23. The molecule has 0 aliphatic rings. The molecule has 0 heterocycles. The molecule has 2 unspecified atom stereocenters. The highest BCUT2D eigenvalue weighted by Gasteiger charge is 2.09. The van der Waals surface area contributed by atoms with Crippen molar-refractivity contribution in [3.8, 4) is 0 Å². The first kappa shape index (κ1) is 12.7. The number of allylic oxidation sites excluding steroid dienone is 1. The van der Waals surface area contributed by atoms with Crippen molar-refractivity contribution in [2.75, 3.05) is 7.05 Å². The van der Waals surface area contributed by atoms with Crippen LogP contribution in [0.4, 0.5) is 0 Å². The van der Waals surface area contributed by atoms with Gasteiger partial charge in [0, 0.05) is 6.04 Å². The van der Waals surface area contributed by atoms with E-state index < -0.39 is 0 Å². The number of nitrogens with one attached hydrogen (secondary N) is 1. The molecule has 0 aliphatic carbocycles. The second-order valence-corrected chi connectivity index (χ2v) is 4.23. The van der Waals surface area contributed by atoms with E-state index in [2.05, 4.69) is 39.7 Å². The van der Waals surface area contributed by atoms with E-state index in [0.29, 0.717) is 6.04 Å². The summed E-state index contributed by atoms with van der Waals surface area (Å²) in [5, 5.41) is 3.38.